The van der Waals surface area contributed by atoms with E-state index in [1.807, 2.05) is 41.8 Å². The molecule has 2 heterocycles. The Morgan fingerprint density at radius 2 is 1.70 bits per heavy atom. The van der Waals surface area contributed by atoms with Crippen LogP contribution in [0, 0.1) is 0 Å². The Bertz CT molecular complexity index is 1140. The van der Waals surface area contributed by atoms with Gasteiger partial charge in [-0.25, -0.2) is 0 Å². The topological polar surface area (TPSA) is 97.1 Å². The molecule has 0 fully saturated rings. The van der Waals surface area contributed by atoms with Crippen LogP contribution in [0.3, 0.4) is 0 Å². The fraction of sp³-hybridized carbons (Fsp3) is 0.0909. The number of hydrogen-bond donors (Lipinski definition) is 2. The molecule has 0 bridgehead atoms. The molecule has 0 aliphatic heterocycles. The van der Waals surface area contributed by atoms with Crippen molar-refractivity contribution < 1.29 is 14.0 Å². The van der Waals surface area contributed by atoms with Crippen molar-refractivity contribution in [3.63, 3.8) is 0 Å². The molecule has 150 valence electrons. The molecule has 0 aliphatic carbocycles. The summed E-state index contributed by atoms with van der Waals surface area (Å²) in [5.41, 5.74) is 2.04. The molecule has 2 amide bonds. The Labute approximate surface area is 176 Å². The first-order valence-electron chi connectivity index (χ1n) is 9.30. The van der Waals surface area contributed by atoms with Gasteiger partial charge in [0.05, 0.1) is 4.88 Å². The number of rotatable bonds is 7. The van der Waals surface area contributed by atoms with Gasteiger partial charge < -0.3 is 15.1 Å². The minimum atomic E-state index is -0.184. The van der Waals surface area contributed by atoms with Crippen molar-refractivity contribution in [3.8, 4) is 11.5 Å². The third-order valence-corrected chi connectivity index (χ3v) is 5.07. The summed E-state index contributed by atoms with van der Waals surface area (Å²) >= 11 is 1.37. The average Bonchev–Trinajstić information content (AvgIpc) is 3.46. The number of nitrogens with one attached hydrogen (secondary N) is 2. The van der Waals surface area contributed by atoms with Crippen LogP contribution in [0.15, 0.2) is 76.5 Å². The van der Waals surface area contributed by atoms with Crippen molar-refractivity contribution >= 4 is 34.5 Å². The second-order valence-corrected chi connectivity index (χ2v) is 7.38. The maximum absolute atomic E-state index is 12.3. The molecular weight excluding hydrogens is 400 g/mol. The van der Waals surface area contributed by atoms with Gasteiger partial charge in [0.1, 0.15) is 0 Å². The normalized spacial score (nSPS) is 10.5. The molecule has 2 aromatic carbocycles. The zero-order chi connectivity index (χ0) is 20.8. The van der Waals surface area contributed by atoms with Crippen molar-refractivity contribution in [2.75, 3.05) is 10.6 Å². The van der Waals surface area contributed by atoms with Crippen LogP contribution in [-0.4, -0.2) is 22.0 Å². The number of anilines is 2. The molecule has 0 spiro atoms. The first-order chi connectivity index (χ1) is 14.7. The Balaban J connectivity index is 1.31. The van der Waals surface area contributed by atoms with Crippen LogP contribution in [0.2, 0.25) is 0 Å². The Hall–Kier alpha value is -3.78. The van der Waals surface area contributed by atoms with E-state index in [1.54, 1.807) is 30.3 Å². The summed E-state index contributed by atoms with van der Waals surface area (Å²) in [4.78, 5) is 25.1. The molecule has 0 unspecified atom stereocenters. The Morgan fingerprint density at radius 1 is 0.900 bits per heavy atom. The van der Waals surface area contributed by atoms with Gasteiger partial charge in [0.2, 0.25) is 17.7 Å². The lowest BCUT2D eigenvalue weighted by Crippen LogP contribution is -2.13. The van der Waals surface area contributed by atoms with E-state index < -0.39 is 0 Å². The van der Waals surface area contributed by atoms with Crippen molar-refractivity contribution in [2.24, 2.45) is 0 Å². The van der Waals surface area contributed by atoms with Gasteiger partial charge >= 0.3 is 0 Å². The van der Waals surface area contributed by atoms with Crippen molar-refractivity contribution in [1.82, 2.24) is 10.2 Å². The van der Waals surface area contributed by atoms with Gasteiger partial charge in [0.15, 0.2) is 0 Å². The van der Waals surface area contributed by atoms with Crippen LogP contribution in [-0.2, 0) is 11.2 Å². The Morgan fingerprint density at radius 3 is 2.47 bits per heavy atom. The van der Waals surface area contributed by atoms with Crippen molar-refractivity contribution in [2.45, 2.75) is 12.8 Å². The molecular formula is C22H18N4O3S. The van der Waals surface area contributed by atoms with Crippen LogP contribution in [0.25, 0.3) is 11.5 Å². The molecule has 7 nitrogen and oxygen atoms in total. The molecule has 2 N–H and O–H groups in total. The zero-order valence-electron chi connectivity index (χ0n) is 15.9. The van der Waals surface area contributed by atoms with Crippen molar-refractivity contribution in [1.29, 1.82) is 0 Å². The molecule has 0 aliphatic rings. The highest BCUT2D eigenvalue weighted by Gasteiger charge is 2.11. The fourth-order valence-electron chi connectivity index (χ4n) is 2.77. The number of carbonyl (C=O) groups is 2. The van der Waals surface area contributed by atoms with Crippen LogP contribution in [0.4, 0.5) is 11.4 Å². The molecule has 30 heavy (non-hydrogen) atoms. The largest absolute Gasteiger partial charge is 0.421 e. The first kappa shape index (κ1) is 19.5. The predicted octanol–water partition coefficient (Wildman–Crippen LogP) is 4.62. The third kappa shape index (κ3) is 4.98. The summed E-state index contributed by atoms with van der Waals surface area (Å²) in [7, 11) is 0. The van der Waals surface area contributed by atoms with Gasteiger partial charge in [-0.15, -0.1) is 21.5 Å². The fourth-order valence-corrected chi connectivity index (χ4v) is 3.39. The summed E-state index contributed by atoms with van der Waals surface area (Å²) in [5, 5.41) is 15.5. The number of amides is 2. The molecule has 8 heteroatoms. The number of carbonyl (C=O) groups excluding carboxylic acids is 2. The van der Waals surface area contributed by atoms with E-state index in [9.17, 15) is 9.59 Å². The van der Waals surface area contributed by atoms with Gasteiger partial charge in [-0.1, -0.05) is 30.3 Å². The number of aromatic nitrogens is 2. The molecule has 2 aromatic heterocycles. The number of hydrogen-bond acceptors (Lipinski definition) is 6. The maximum Gasteiger partial charge on any atom is 0.265 e. The lowest BCUT2D eigenvalue weighted by Gasteiger charge is -2.08. The second kappa shape index (κ2) is 9.15. The minimum Gasteiger partial charge on any atom is -0.421 e. The summed E-state index contributed by atoms with van der Waals surface area (Å²) in [5.74, 6) is 0.469. The Kier molecular flexibility index (Phi) is 5.95. The van der Waals surface area contributed by atoms with E-state index in [0.717, 1.165) is 5.56 Å². The summed E-state index contributed by atoms with van der Waals surface area (Å²) in [6.07, 6.45) is 0.530. The monoisotopic (exact) mass is 418 g/mol. The van der Waals surface area contributed by atoms with Crippen LogP contribution in [0.1, 0.15) is 22.0 Å². The van der Waals surface area contributed by atoms with E-state index in [2.05, 4.69) is 20.8 Å². The lowest BCUT2D eigenvalue weighted by atomic mass is 10.2. The highest BCUT2D eigenvalue weighted by molar-refractivity contribution is 7.12. The molecule has 0 saturated heterocycles. The predicted molar refractivity (Wildman–Crippen MR) is 115 cm³/mol. The number of benzene rings is 2. The SMILES string of the molecule is O=C(CCc1nnc(-c2ccccc2)o1)Nc1cccc(NC(=O)c2cccs2)c1. The number of thiophene rings is 1. The first-order valence-corrected chi connectivity index (χ1v) is 10.2. The van der Waals surface area contributed by atoms with Crippen LogP contribution >= 0.6 is 11.3 Å². The summed E-state index contributed by atoms with van der Waals surface area (Å²) in [6, 6.07) is 20.1. The maximum atomic E-state index is 12.3. The molecule has 0 atom stereocenters. The molecule has 4 rings (SSSR count). The average molecular weight is 418 g/mol. The number of aryl methyl sites for hydroxylation is 1. The van der Waals surface area contributed by atoms with E-state index in [1.165, 1.54) is 11.3 Å². The quantitative estimate of drug-likeness (QED) is 0.456. The summed E-state index contributed by atoms with van der Waals surface area (Å²) < 4.78 is 5.62. The van der Waals surface area contributed by atoms with Gasteiger partial charge in [-0.05, 0) is 41.8 Å². The van der Waals surface area contributed by atoms with E-state index in [-0.39, 0.29) is 18.2 Å². The van der Waals surface area contributed by atoms with Crippen LogP contribution < -0.4 is 10.6 Å². The van der Waals surface area contributed by atoms with E-state index >= 15 is 0 Å². The van der Waals surface area contributed by atoms with Gasteiger partial charge in [-0.3, -0.25) is 9.59 Å². The smallest absolute Gasteiger partial charge is 0.265 e. The van der Waals surface area contributed by atoms with Gasteiger partial charge in [0, 0.05) is 29.8 Å². The van der Waals surface area contributed by atoms with E-state index in [4.69, 9.17) is 4.42 Å². The molecule has 0 saturated carbocycles. The van der Waals surface area contributed by atoms with E-state index in [0.29, 0.717) is 34.5 Å². The lowest BCUT2D eigenvalue weighted by molar-refractivity contribution is -0.116. The molecule has 0 radical (unpaired) electrons. The van der Waals surface area contributed by atoms with Gasteiger partial charge in [0.25, 0.3) is 5.91 Å². The highest BCUT2D eigenvalue weighted by Crippen LogP contribution is 2.19. The minimum absolute atomic E-state index is 0.181. The summed E-state index contributed by atoms with van der Waals surface area (Å²) in [6.45, 7) is 0. The standard InChI is InChI=1S/C22H18N4O3S/c27-19(11-12-20-25-26-22(29-20)15-6-2-1-3-7-15)23-16-8-4-9-17(14-16)24-21(28)18-10-5-13-30-18/h1-10,13-14H,11-12H2,(H,23,27)(H,24,28). The van der Waals surface area contributed by atoms with Gasteiger partial charge in [-0.2, -0.15) is 0 Å². The zero-order valence-corrected chi connectivity index (χ0v) is 16.7. The third-order valence-electron chi connectivity index (χ3n) is 4.20. The molecule has 4 aromatic rings. The number of nitrogens with zero attached hydrogens (tertiary/aromatic N) is 2. The second-order valence-electron chi connectivity index (χ2n) is 6.43. The van der Waals surface area contributed by atoms with Crippen molar-refractivity contribution in [3.05, 3.63) is 82.9 Å². The van der Waals surface area contributed by atoms with Crippen LogP contribution in [0.5, 0.6) is 0 Å². The highest BCUT2D eigenvalue weighted by atomic mass is 32.1.